The third-order valence-electron chi connectivity index (χ3n) is 3.11. The minimum Gasteiger partial charge on any atom is -0.331 e. The molecule has 0 spiro atoms. The fraction of sp³-hybridized carbons (Fsp3) is 0.312. The van der Waals surface area contributed by atoms with Crippen LogP contribution >= 0.6 is 0 Å². The van der Waals surface area contributed by atoms with Crippen molar-refractivity contribution >= 4 is 5.95 Å². The summed E-state index contributed by atoms with van der Waals surface area (Å²) in [5, 5.41) is 8.65. The monoisotopic (exact) mass is 266 g/mol. The first-order valence-corrected chi connectivity index (χ1v) is 6.74. The van der Waals surface area contributed by atoms with Crippen LogP contribution < -0.4 is 4.90 Å². The third-order valence-corrected chi connectivity index (χ3v) is 3.11. The quantitative estimate of drug-likeness (QED) is 0.780. The summed E-state index contributed by atoms with van der Waals surface area (Å²) < 4.78 is 0. The second-order valence-corrected chi connectivity index (χ2v) is 4.73. The first-order valence-electron chi connectivity index (χ1n) is 6.74. The van der Waals surface area contributed by atoms with Gasteiger partial charge in [-0.25, -0.2) is 9.97 Å². The molecule has 0 N–H and O–H groups in total. The van der Waals surface area contributed by atoms with Crippen molar-refractivity contribution < 1.29 is 0 Å². The van der Waals surface area contributed by atoms with E-state index in [4.69, 9.17) is 5.26 Å². The van der Waals surface area contributed by atoms with E-state index in [1.54, 1.807) is 24.3 Å². The SMILES string of the molecule is CCCc1ccc(-c2cnc(N(C)CC#N)nc2)cc1. The van der Waals surface area contributed by atoms with Gasteiger partial charge in [-0.05, 0) is 17.5 Å². The molecule has 4 heteroatoms. The van der Waals surface area contributed by atoms with Gasteiger partial charge in [-0.2, -0.15) is 5.26 Å². The zero-order chi connectivity index (χ0) is 14.4. The van der Waals surface area contributed by atoms with Crippen LogP contribution in [0.1, 0.15) is 18.9 Å². The van der Waals surface area contributed by atoms with Crippen LogP contribution in [0, 0.1) is 11.3 Å². The predicted octanol–water partition coefficient (Wildman–Crippen LogP) is 3.06. The Morgan fingerprint density at radius 1 is 1.10 bits per heavy atom. The lowest BCUT2D eigenvalue weighted by atomic mass is 10.0. The molecule has 0 atom stereocenters. The molecule has 1 aromatic carbocycles. The summed E-state index contributed by atoms with van der Waals surface area (Å²) in [6.07, 6.45) is 5.85. The smallest absolute Gasteiger partial charge is 0.225 e. The molecule has 0 amide bonds. The molecule has 0 fully saturated rings. The first kappa shape index (κ1) is 14.0. The topological polar surface area (TPSA) is 52.8 Å². The van der Waals surface area contributed by atoms with Gasteiger partial charge >= 0.3 is 0 Å². The van der Waals surface area contributed by atoms with Crippen molar-refractivity contribution in [2.24, 2.45) is 0 Å². The Balaban J connectivity index is 2.15. The average molecular weight is 266 g/mol. The van der Waals surface area contributed by atoms with E-state index < -0.39 is 0 Å². The minimum absolute atomic E-state index is 0.283. The zero-order valence-electron chi connectivity index (χ0n) is 11.9. The van der Waals surface area contributed by atoms with Gasteiger partial charge in [-0.3, -0.25) is 0 Å². The van der Waals surface area contributed by atoms with Crippen molar-refractivity contribution in [3.05, 3.63) is 42.2 Å². The molecular weight excluding hydrogens is 248 g/mol. The number of nitriles is 1. The zero-order valence-corrected chi connectivity index (χ0v) is 11.9. The second-order valence-electron chi connectivity index (χ2n) is 4.73. The second kappa shape index (κ2) is 6.67. The van der Waals surface area contributed by atoms with Gasteiger partial charge in [0.1, 0.15) is 6.54 Å². The van der Waals surface area contributed by atoms with Crippen molar-refractivity contribution in [3.63, 3.8) is 0 Å². The van der Waals surface area contributed by atoms with E-state index in [9.17, 15) is 0 Å². The number of hydrogen-bond donors (Lipinski definition) is 0. The van der Waals surface area contributed by atoms with Crippen molar-refractivity contribution in [1.82, 2.24) is 9.97 Å². The molecule has 0 aliphatic carbocycles. The van der Waals surface area contributed by atoms with Crippen LogP contribution in [0.3, 0.4) is 0 Å². The molecule has 0 aliphatic rings. The Labute approximate surface area is 119 Å². The summed E-state index contributed by atoms with van der Waals surface area (Å²) in [4.78, 5) is 10.3. The normalized spacial score (nSPS) is 10.1. The molecule has 0 saturated carbocycles. The molecule has 0 unspecified atom stereocenters. The number of rotatable bonds is 5. The predicted molar refractivity (Wildman–Crippen MR) is 80.3 cm³/mol. The highest BCUT2D eigenvalue weighted by Crippen LogP contribution is 2.19. The number of hydrogen-bond acceptors (Lipinski definition) is 4. The molecule has 1 aromatic heterocycles. The lowest BCUT2D eigenvalue weighted by molar-refractivity contribution is 0.922. The lowest BCUT2D eigenvalue weighted by Gasteiger charge is -2.12. The highest BCUT2D eigenvalue weighted by molar-refractivity contribution is 5.62. The maximum Gasteiger partial charge on any atom is 0.225 e. The molecule has 0 bridgehead atoms. The summed E-state index contributed by atoms with van der Waals surface area (Å²) in [5.41, 5.74) is 3.45. The Kier molecular flexibility index (Phi) is 4.67. The summed E-state index contributed by atoms with van der Waals surface area (Å²) >= 11 is 0. The van der Waals surface area contributed by atoms with Gasteiger partial charge in [0.15, 0.2) is 0 Å². The number of aryl methyl sites for hydroxylation is 1. The van der Waals surface area contributed by atoms with Crippen molar-refractivity contribution in [3.8, 4) is 17.2 Å². The van der Waals surface area contributed by atoms with E-state index in [2.05, 4.69) is 47.2 Å². The van der Waals surface area contributed by atoms with Gasteiger partial charge in [0.25, 0.3) is 0 Å². The Morgan fingerprint density at radius 2 is 1.75 bits per heavy atom. The molecule has 0 radical (unpaired) electrons. The van der Waals surface area contributed by atoms with Crippen LogP contribution in [0.5, 0.6) is 0 Å². The standard InChI is InChI=1S/C16H18N4/c1-3-4-13-5-7-14(8-6-13)15-11-18-16(19-12-15)20(2)10-9-17/h5-8,11-12H,3-4,10H2,1-2H3. The van der Waals surface area contributed by atoms with Crippen LogP contribution in [-0.2, 0) is 6.42 Å². The van der Waals surface area contributed by atoms with Crippen molar-refractivity contribution in [2.45, 2.75) is 19.8 Å². The maximum absolute atomic E-state index is 8.65. The Morgan fingerprint density at radius 3 is 2.30 bits per heavy atom. The lowest BCUT2D eigenvalue weighted by Crippen LogP contribution is -2.19. The maximum atomic E-state index is 8.65. The molecular formula is C16H18N4. The fourth-order valence-corrected chi connectivity index (χ4v) is 2.00. The van der Waals surface area contributed by atoms with Crippen LogP contribution in [0.4, 0.5) is 5.95 Å². The highest BCUT2D eigenvalue weighted by atomic mass is 15.2. The molecule has 4 nitrogen and oxygen atoms in total. The van der Waals surface area contributed by atoms with Crippen LogP contribution in [0.15, 0.2) is 36.7 Å². The molecule has 102 valence electrons. The van der Waals surface area contributed by atoms with E-state index in [0.717, 1.165) is 24.0 Å². The van der Waals surface area contributed by atoms with Crippen LogP contribution in [0.2, 0.25) is 0 Å². The Hall–Kier alpha value is -2.41. The van der Waals surface area contributed by atoms with Gasteiger partial charge in [0.2, 0.25) is 5.95 Å². The molecule has 1 heterocycles. The van der Waals surface area contributed by atoms with E-state index >= 15 is 0 Å². The summed E-state index contributed by atoms with van der Waals surface area (Å²) in [6, 6.07) is 10.6. The molecule has 20 heavy (non-hydrogen) atoms. The van der Waals surface area contributed by atoms with E-state index in [1.165, 1.54) is 5.56 Å². The van der Waals surface area contributed by atoms with Gasteiger partial charge in [0, 0.05) is 25.0 Å². The van der Waals surface area contributed by atoms with Gasteiger partial charge in [-0.1, -0.05) is 37.6 Å². The van der Waals surface area contributed by atoms with Gasteiger partial charge in [-0.15, -0.1) is 0 Å². The van der Waals surface area contributed by atoms with Gasteiger partial charge < -0.3 is 4.90 Å². The summed E-state index contributed by atoms with van der Waals surface area (Å²) in [7, 11) is 1.80. The van der Waals surface area contributed by atoms with E-state index in [0.29, 0.717) is 5.95 Å². The first-order chi connectivity index (χ1) is 9.74. The molecule has 2 aromatic rings. The average Bonchev–Trinajstić information content (AvgIpc) is 2.49. The van der Waals surface area contributed by atoms with E-state index in [1.807, 2.05) is 0 Å². The molecule has 0 saturated heterocycles. The largest absolute Gasteiger partial charge is 0.331 e. The van der Waals surface area contributed by atoms with Gasteiger partial charge in [0.05, 0.1) is 6.07 Å². The highest BCUT2D eigenvalue weighted by Gasteiger charge is 2.04. The number of anilines is 1. The number of nitrogens with zero attached hydrogens (tertiary/aromatic N) is 4. The van der Waals surface area contributed by atoms with Crippen LogP contribution in [-0.4, -0.2) is 23.6 Å². The summed E-state index contributed by atoms with van der Waals surface area (Å²) in [5.74, 6) is 0.568. The molecule has 0 aliphatic heterocycles. The number of aromatic nitrogens is 2. The van der Waals surface area contributed by atoms with E-state index in [-0.39, 0.29) is 6.54 Å². The summed E-state index contributed by atoms with van der Waals surface area (Å²) in [6.45, 7) is 2.46. The Bertz CT molecular complexity index is 581. The fourth-order valence-electron chi connectivity index (χ4n) is 2.00. The number of benzene rings is 1. The third kappa shape index (κ3) is 3.33. The minimum atomic E-state index is 0.283. The van der Waals surface area contributed by atoms with Crippen LogP contribution in [0.25, 0.3) is 11.1 Å². The molecule has 2 rings (SSSR count). The van der Waals surface area contributed by atoms with Crippen molar-refractivity contribution in [1.29, 1.82) is 5.26 Å². The van der Waals surface area contributed by atoms with Crippen molar-refractivity contribution in [2.75, 3.05) is 18.5 Å².